The van der Waals surface area contributed by atoms with Crippen molar-refractivity contribution in [3.63, 3.8) is 0 Å². The third kappa shape index (κ3) is 2.33. The summed E-state index contributed by atoms with van der Waals surface area (Å²) in [6.07, 6.45) is 2.26. The minimum atomic E-state index is -0.237. The van der Waals surface area contributed by atoms with Crippen molar-refractivity contribution in [2.75, 3.05) is 5.32 Å². The Kier molecular flexibility index (Phi) is 3.29. The minimum absolute atomic E-state index is 0.237. The number of rotatable bonds is 3. The molecule has 0 saturated carbocycles. The van der Waals surface area contributed by atoms with Gasteiger partial charge in [-0.05, 0) is 38.0 Å². The van der Waals surface area contributed by atoms with Crippen molar-refractivity contribution in [2.45, 2.75) is 27.2 Å². The van der Waals surface area contributed by atoms with Gasteiger partial charge < -0.3 is 5.32 Å². The molecule has 0 saturated heterocycles. The quantitative estimate of drug-likeness (QED) is 0.803. The molecule has 0 bridgehead atoms. The number of nitrogens with zero attached hydrogens (tertiary/aromatic N) is 4. The van der Waals surface area contributed by atoms with Gasteiger partial charge in [0.2, 0.25) is 0 Å². The van der Waals surface area contributed by atoms with E-state index in [0.717, 1.165) is 23.5 Å². The topological polar surface area (TPSA) is 55.1 Å². The number of aromatic nitrogens is 4. The molecule has 3 aromatic rings. The zero-order valence-electron chi connectivity index (χ0n) is 12.2. The standard InChI is InChI=1S/C15H16FN5/c1-4-12-10(3)19-15-17-8-18-21(15)14(12)20-11-6-5-9(2)13(16)7-11/h5-8,20H,4H2,1-3H3. The van der Waals surface area contributed by atoms with E-state index < -0.39 is 0 Å². The third-order valence-electron chi connectivity index (χ3n) is 3.52. The molecule has 5 nitrogen and oxygen atoms in total. The van der Waals surface area contributed by atoms with Crippen LogP contribution in [-0.2, 0) is 6.42 Å². The second-order valence-electron chi connectivity index (χ2n) is 4.94. The third-order valence-corrected chi connectivity index (χ3v) is 3.52. The zero-order chi connectivity index (χ0) is 15.0. The second kappa shape index (κ2) is 5.12. The van der Waals surface area contributed by atoms with Crippen LogP contribution in [0.4, 0.5) is 15.9 Å². The molecule has 0 atom stereocenters. The van der Waals surface area contributed by atoms with Gasteiger partial charge >= 0.3 is 0 Å². The Hall–Kier alpha value is -2.50. The molecule has 0 unspecified atom stereocenters. The van der Waals surface area contributed by atoms with E-state index in [1.54, 1.807) is 17.5 Å². The predicted molar refractivity (Wildman–Crippen MR) is 79.3 cm³/mol. The lowest BCUT2D eigenvalue weighted by molar-refractivity contribution is 0.619. The average Bonchev–Trinajstić information content (AvgIpc) is 2.91. The summed E-state index contributed by atoms with van der Waals surface area (Å²) >= 11 is 0. The van der Waals surface area contributed by atoms with Crippen LogP contribution in [0.1, 0.15) is 23.7 Å². The van der Waals surface area contributed by atoms with Crippen molar-refractivity contribution < 1.29 is 4.39 Å². The van der Waals surface area contributed by atoms with Gasteiger partial charge in [-0.2, -0.15) is 14.6 Å². The number of benzene rings is 1. The molecule has 0 radical (unpaired) electrons. The molecule has 2 aromatic heterocycles. The molecule has 0 aliphatic heterocycles. The molecule has 0 spiro atoms. The summed E-state index contributed by atoms with van der Waals surface area (Å²) in [4.78, 5) is 8.53. The van der Waals surface area contributed by atoms with Crippen molar-refractivity contribution in [1.82, 2.24) is 19.6 Å². The van der Waals surface area contributed by atoms with Crippen molar-refractivity contribution in [2.24, 2.45) is 0 Å². The fourth-order valence-corrected chi connectivity index (χ4v) is 2.35. The Morgan fingerprint density at radius 1 is 1.29 bits per heavy atom. The van der Waals surface area contributed by atoms with Crippen LogP contribution in [0, 0.1) is 19.7 Å². The summed E-state index contributed by atoms with van der Waals surface area (Å²) in [7, 11) is 0. The molecule has 3 rings (SSSR count). The van der Waals surface area contributed by atoms with E-state index in [9.17, 15) is 4.39 Å². The Bertz CT molecular complexity index is 809. The molecular weight excluding hydrogens is 269 g/mol. The fraction of sp³-hybridized carbons (Fsp3) is 0.267. The fourth-order valence-electron chi connectivity index (χ4n) is 2.35. The number of nitrogens with one attached hydrogen (secondary N) is 1. The van der Waals surface area contributed by atoms with E-state index in [-0.39, 0.29) is 5.82 Å². The maximum absolute atomic E-state index is 13.7. The van der Waals surface area contributed by atoms with Crippen molar-refractivity contribution in [1.29, 1.82) is 0 Å². The van der Waals surface area contributed by atoms with Gasteiger partial charge in [0.25, 0.3) is 5.78 Å². The molecular formula is C15H16FN5. The van der Waals surface area contributed by atoms with E-state index in [0.29, 0.717) is 17.0 Å². The number of hydrogen-bond acceptors (Lipinski definition) is 4. The SMILES string of the molecule is CCc1c(C)nc2ncnn2c1Nc1ccc(C)c(F)c1. The van der Waals surface area contributed by atoms with Gasteiger partial charge in [0.05, 0.1) is 0 Å². The molecule has 0 aliphatic carbocycles. The molecule has 0 fully saturated rings. The van der Waals surface area contributed by atoms with Crippen LogP contribution in [0.5, 0.6) is 0 Å². The summed E-state index contributed by atoms with van der Waals surface area (Å²) in [6, 6.07) is 5.07. The molecule has 0 amide bonds. The number of halogens is 1. The molecule has 0 aliphatic rings. The van der Waals surface area contributed by atoms with E-state index in [4.69, 9.17) is 0 Å². The van der Waals surface area contributed by atoms with E-state index in [1.165, 1.54) is 12.4 Å². The molecule has 108 valence electrons. The van der Waals surface area contributed by atoms with Crippen LogP contribution in [0.25, 0.3) is 5.78 Å². The van der Waals surface area contributed by atoms with Gasteiger partial charge in [0.1, 0.15) is 18.0 Å². The lowest BCUT2D eigenvalue weighted by Crippen LogP contribution is -2.08. The first kappa shape index (κ1) is 13.5. The summed E-state index contributed by atoms with van der Waals surface area (Å²) in [5.74, 6) is 1.07. The first-order valence-corrected chi connectivity index (χ1v) is 6.82. The van der Waals surface area contributed by atoms with Gasteiger partial charge in [0.15, 0.2) is 0 Å². The zero-order valence-corrected chi connectivity index (χ0v) is 12.2. The van der Waals surface area contributed by atoms with Gasteiger partial charge in [-0.3, -0.25) is 0 Å². The van der Waals surface area contributed by atoms with Crippen LogP contribution >= 0.6 is 0 Å². The molecule has 1 N–H and O–H groups in total. The maximum atomic E-state index is 13.7. The van der Waals surface area contributed by atoms with Gasteiger partial charge in [-0.25, -0.2) is 9.37 Å². The average molecular weight is 285 g/mol. The smallest absolute Gasteiger partial charge is 0.254 e. The van der Waals surface area contributed by atoms with E-state index >= 15 is 0 Å². The maximum Gasteiger partial charge on any atom is 0.254 e. The summed E-state index contributed by atoms with van der Waals surface area (Å²) < 4.78 is 15.4. The normalized spacial score (nSPS) is 11.0. The molecule has 1 aromatic carbocycles. The van der Waals surface area contributed by atoms with Gasteiger partial charge in [0, 0.05) is 16.9 Å². The van der Waals surface area contributed by atoms with E-state index in [1.807, 2.05) is 19.9 Å². The molecule has 21 heavy (non-hydrogen) atoms. The number of anilines is 2. The summed E-state index contributed by atoms with van der Waals surface area (Å²) in [5, 5.41) is 7.43. The van der Waals surface area contributed by atoms with Crippen molar-refractivity contribution >= 4 is 17.3 Å². The molecule has 6 heteroatoms. The van der Waals surface area contributed by atoms with Gasteiger partial charge in [-0.1, -0.05) is 13.0 Å². The summed E-state index contributed by atoms with van der Waals surface area (Å²) in [5.41, 5.74) is 3.23. The lowest BCUT2D eigenvalue weighted by atomic mass is 10.1. The monoisotopic (exact) mass is 285 g/mol. The minimum Gasteiger partial charge on any atom is -0.340 e. The Morgan fingerprint density at radius 2 is 2.10 bits per heavy atom. The Labute approximate surface area is 121 Å². The van der Waals surface area contributed by atoms with Crippen molar-refractivity contribution in [3.05, 3.63) is 47.2 Å². The number of aryl methyl sites for hydroxylation is 2. The van der Waals surface area contributed by atoms with Crippen molar-refractivity contribution in [3.8, 4) is 0 Å². The highest BCUT2D eigenvalue weighted by Gasteiger charge is 2.13. The van der Waals surface area contributed by atoms with Crippen LogP contribution in [0.2, 0.25) is 0 Å². The van der Waals surface area contributed by atoms with Crippen LogP contribution in [-0.4, -0.2) is 19.6 Å². The Morgan fingerprint density at radius 3 is 2.81 bits per heavy atom. The predicted octanol–water partition coefficient (Wildman–Crippen LogP) is 3.19. The van der Waals surface area contributed by atoms with E-state index in [2.05, 4.69) is 20.4 Å². The number of hydrogen-bond donors (Lipinski definition) is 1. The highest BCUT2D eigenvalue weighted by molar-refractivity contribution is 5.63. The number of fused-ring (bicyclic) bond motifs is 1. The Balaban J connectivity index is 2.14. The summed E-state index contributed by atoms with van der Waals surface area (Å²) in [6.45, 7) is 5.73. The van der Waals surface area contributed by atoms with Gasteiger partial charge in [-0.15, -0.1) is 0 Å². The second-order valence-corrected chi connectivity index (χ2v) is 4.94. The first-order valence-electron chi connectivity index (χ1n) is 6.82. The lowest BCUT2D eigenvalue weighted by Gasteiger charge is -2.14. The largest absolute Gasteiger partial charge is 0.340 e. The highest BCUT2D eigenvalue weighted by atomic mass is 19.1. The molecule has 2 heterocycles. The first-order chi connectivity index (χ1) is 10.1. The van der Waals surface area contributed by atoms with Crippen LogP contribution in [0.15, 0.2) is 24.5 Å². The highest BCUT2D eigenvalue weighted by Crippen LogP contribution is 2.24. The van der Waals surface area contributed by atoms with Crippen LogP contribution in [0.3, 0.4) is 0 Å². The van der Waals surface area contributed by atoms with Crippen LogP contribution < -0.4 is 5.32 Å².